The van der Waals surface area contributed by atoms with E-state index in [2.05, 4.69) is 127 Å². The standard InChI is InChI=1S/C20H17NO2SSi.C18H13NS/c1-12-13(2)19(23-25-22)18-20(17(12)14-8-4-3-5-9-14)24-16-11-7-6-10-15(16)21-18;1-2-7-13(8-3-1)14-9-6-11-16-18(14)20-17-12-5-4-10-15(17)19-16/h3-11,21-22H,1-2H3;1-12,19H. The van der Waals surface area contributed by atoms with Crippen molar-refractivity contribution in [3.8, 4) is 28.0 Å². The third-order valence-electron chi connectivity index (χ3n) is 8.00. The molecule has 220 valence electrons. The number of para-hydroxylation sites is 2. The average molecular weight is 639 g/mol. The summed E-state index contributed by atoms with van der Waals surface area (Å²) in [4.78, 5) is 14.3. The predicted molar refractivity (Wildman–Crippen MR) is 190 cm³/mol. The van der Waals surface area contributed by atoms with Crippen molar-refractivity contribution in [3.05, 3.63) is 139 Å². The molecule has 7 heteroatoms. The maximum atomic E-state index is 9.39. The van der Waals surface area contributed by atoms with Crippen molar-refractivity contribution in [1.29, 1.82) is 0 Å². The summed E-state index contributed by atoms with van der Waals surface area (Å²) in [5, 5.41) is 7.05. The zero-order chi connectivity index (χ0) is 30.8. The molecule has 2 radical (unpaired) electrons. The molecule has 0 amide bonds. The van der Waals surface area contributed by atoms with Crippen molar-refractivity contribution in [2.75, 3.05) is 10.6 Å². The molecule has 2 heterocycles. The molecule has 0 unspecified atom stereocenters. The van der Waals surface area contributed by atoms with E-state index >= 15 is 0 Å². The Kier molecular flexibility index (Phi) is 8.41. The molecule has 0 aliphatic carbocycles. The van der Waals surface area contributed by atoms with Gasteiger partial charge in [0.15, 0.2) is 0 Å². The Bertz CT molecular complexity index is 2000. The Morgan fingerprint density at radius 2 is 1.11 bits per heavy atom. The molecule has 8 rings (SSSR count). The molecule has 45 heavy (non-hydrogen) atoms. The fraction of sp³-hybridized carbons (Fsp3) is 0.0526. The van der Waals surface area contributed by atoms with E-state index in [4.69, 9.17) is 4.43 Å². The van der Waals surface area contributed by atoms with E-state index in [9.17, 15) is 4.80 Å². The van der Waals surface area contributed by atoms with Crippen LogP contribution in [-0.2, 0) is 0 Å². The summed E-state index contributed by atoms with van der Waals surface area (Å²) in [7, 11) is -0.584. The quantitative estimate of drug-likeness (QED) is 0.167. The van der Waals surface area contributed by atoms with Crippen LogP contribution in [0.1, 0.15) is 11.1 Å². The van der Waals surface area contributed by atoms with Gasteiger partial charge in [-0.15, -0.1) is 0 Å². The SMILES string of the molecule is Cc1c(C)c(-c2ccccc2)c2c(c1O[Si]O)Nc1ccccc1S2.c1ccc(-c2cccc3c2Sc2ccccc2N3)cc1. The molecule has 0 bridgehead atoms. The molecular formula is C38H30N2O2S2Si. The van der Waals surface area contributed by atoms with E-state index in [1.165, 1.54) is 53.9 Å². The van der Waals surface area contributed by atoms with Crippen LogP contribution in [0.2, 0.25) is 0 Å². The van der Waals surface area contributed by atoms with Crippen LogP contribution in [0.3, 0.4) is 0 Å². The predicted octanol–water partition coefficient (Wildman–Crippen LogP) is 10.6. The normalized spacial score (nSPS) is 12.2. The van der Waals surface area contributed by atoms with E-state index < -0.39 is 10.0 Å². The van der Waals surface area contributed by atoms with Crippen molar-refractivity contribution < 1.29 is 9.22 Å². The van der Waals surface area contributed by atoms with Crippen LogP contribution < -0.4 is 15.1 Å². The molecule has 2 aliphatic rings. The third-order valence-corrected chi connectivity index (χ3v) is 10.7. The second-order valence-electron chi connectivity index (χ2n) is 10.7. The van der Waals surface area contributed by atoms with Gasteiger partial charge in [0.2, 0.25) is 0 Å². The van der Waals surface area contributed by atoms with Crippen LogP contribution in [-0.4, -0.2) is 14.8 Å². The summed E-state index contributed by atoms with van der Waals surface area (Å²) in [6.07, 6.45) is 0. The Morgan fingerprint density at radius 3 is 1.78 bits per heavy atom. The molecule has 0 spiro atoms. The van der Waals surface area contributed by atoms with Crippen LogP contribution in [0, 0.1) is 13.8 Å². The van der Waals surface area contributed by atoms with E-state index in [0.29, 0.717) is 0 Å². The zero-order valence-corrected chi connectivity index (χ0v) is 27.4. The average Bonchev–Trinajstić information content (AvgIpc) is 3.09. The first-order valence-corrected chi connectivity index (χ1v) is 17.2. The monoisotopic (exact) mass is 638 g/mol. The zero-order valence-electron chi connectivity index (χ0n) is 24.8. The van der Waals surface area contributed by atoms with Crippen LogP contribution in [0.5, 0.6) is 5.75 Å². The number of anilines is 4. The summed E-state index contributed by atoms with van der Waals surface area (Å²) in [6.45, 7) is 4.16. The second kappa shape index (κ2) is 12.9. The van der Waals surface area contributed by atoms with Gasteiger partial charge in [-0.1, -0.05) is 121 Å². The Balaban J connectivity index is 0.000000148. The highest BCUT2D eigenvalue weighted by Gasteiger charge is 2.27. The molecule has 3 N–H and O–H groups in total. The first kappa shape index (κ1) is 29.3. The fourth-order valence-corrected chi connectivity index (χ4v) is 8.37. The van der Waals surface area contributed by atoms with Crippen molar-refractivity contribution in [2.45, 2.75) is 33.4 Å². The molecule has 4 nitrogen and oxygen atoms in total. The largest absolute Gasteiger partial charge is 0.518 e. The fourth-order valence-electron chi connectivity index (χ4n) is 5.69. The van der Waals surface area contributed by atoms with Gasteiger partial charge < -0.3 is 19.9 Å². The minimum atomic E-state index is -0.584. The number of hydrogen-bond acceptors (Lipinski definition) is 6. The number of nitrogens with one attached hydrogen (secondary N) is 2. The minimum Gasteiger partial charge on any atom is -0.516 e. The van der Waals surface area contributed by atoms with Crippen LogP contribution in [0.4, 0.5) is 22.7 Å². The number of hydrogen-bond donors (Lipinski definition) is 3. The molecule has 6 aromatic carbocycles. The lowest BCUT2D eigenvalue weighted by Crippen LogP contribution is -2.10. The summed E-state index contributed by atoms with van der Waals surface area (Å²) < 4.78 is 5.63. The van der Waals surface area contributed by atoms with Gasteiger partial charge in [-0.3, -0.25) is 0 Å². The van der Waals surface area contributed by atoms with Crippen LogP contribution in [0.25, 0.3) is 22.3 Å². The summed E-state index contributed by atoms with van der Waals surface area (Å²) in [6, 6.07) is 44.1. The lowest BCUT2D eigenvalue weighted by molar-refractivity contribution is 0.452. The van der Waals surface area contributed by atoms with Crippen molar-refractivity contribution in [1.82, 2.24) is 0 Å². The van der Waals surface area contributed by atoms with Gasteiger partial charge >= 0.3 is 10.0 Å². The van der Waals surface area contributed by atoms with Crippen LogP contribution >= 0.6 is 23.5 Å². The second-order valence-corrected chi connectivity index (χ2v) is 13.2. The summed E-state index contributed by atoms with van der Waals surface area (Å²) >= 11 is 3.59. The molecule has 6 aromatic rings. The Morgan fingerprint density at radius 1 is 0.556 bits per heavy atom. The number of rotatable bonds is 4. The maximum absolute atomic E-state index is 9.39. The smallest absolute Gasteiger partial charge is 0.516 e. The molecule has 0 fully saturated rings. The van der Waals surface area contributed by atoms with Gasteiger partial charge in [0, 0.05) is 25.1 Å². The lowest BCUT2D eigenvalue weighted by atomic mass is 9.95. The molecular weight excluding hydrogens is 609 g/mol. The van der Waals surface area contributed by atoms with Crippen molar-refractivity contribution in [2.24, 2.45) is 0 Å². The van der Waals surface area contributed by atoms with Gasteiger partial charge in [-0.05, 0) is 72.0 Å². The van der Waals surface area contributed by atoms with E-state index in [-0.39, 0.29) is 0 Å². The lowest BCUT2D eigenvalue weighted by Gasteiger charge is -2.28. The highest BCUT2D eigenvalue weighted by molar-refractivity contribution is 8.00. The Hall–Kier alpha value is -4.40. The first-order chi connectivity index (χ1) is 22.1. The molecule has 2 aliphatic heterocycles. The minimum absolute atomic E-state index is 0.584. The van der Waals surface area contributed by atoms with Crippen molar-refractivity contribution in [3.63, 3.8) is 0 Å². The first-order valence-electron chi connectivity index (χ1n) is 14.7. The van der Waals surface area contributed by atoms with Gasteiger partial charge in [0.05, 0.1) is 22.7 Å². The molecule has 0 aromatic heterocycles. The van der Waals surface area contributed by atoms with Gasteiger partial charge in [-0.25, -0.2) is 0 Å². The molecule has 0 saturated heterocycles. The highest BCUT2D eigenvalue weighted by atomic mass is 32.2. The maximum Gasteiger partial charge on any atom is 0.518 e. The van der Waals surface area contributed by atoms with Gasteiger partial charge in [-0.2, -0.15) is 0 Å². The molecule has 0 atom stereocenters. The topological polar surface area (TPSA) is 53.5 Å². The number of benzene rings is 6. The van der Waals surface area contributed by atoms with Gasteiger partial charge in [0.1, 0.15) is 5.75 Å². The van der Waals surface area contributed by atoms with Gasteiger partial charge in [0.25, 0.3) is 0 Å². The third kappa shape index (κ3) is 5.76. The van der Waals surface area contributed by atoms with Crippen molar-refractivity contribution >= 4 is 56.3 Å². The van der Waals surface area contributed by atoms with E-state index in [1.54, 1.807) is 11.8 Å². The highest BCUT2D eigenvalue weighted by Crippen LogP contribution is 2.54. The summed E-state index contributed by atoms with van der Waals surface area (Å²) in [5.74, 6) is 0.731. The summed E-state index contributed by atoms with van der Waals surface area (Å²) in [5.41, 5.74) is 11.6. The molecule has 0 saturated carbocycles. The van der Waals surface area contributed by atoms with E-state index in [1.807, 2.05) is 36.9 Å². The number of fused-ring (bicyclic) bond motifs is 4. The van der Waals surface area contributed by atoms with Crippen LogP contribution in [0.15, 0.2) is 147 Å². The van der Waals surface area contributed by atoms with E-state index in [0.717, 1.165) is 27.6 Å². The Labute approximate surface area is 275 Å².